The third-order valence-corrected chi connectivity index (χ3v) is 7.55. The van der Waals surface area contributed by atoms with Gasteiger partial charge in [-0.15, -0.1) is 0 Å². The Balaban J connectivity index is 0.00000144. The Hall–Kier alpha value is -2.11. The summed E-state index contributed by atoms with van der Waals surface area (Å²) >= 11 is 0. The molecule has 5 heteroatoms. The van der Waals surface area contributed by atoms with Crippen LogP contribution in [0.25, 0.3) is 10.9 Å². The molecule has 0 saturated carbocycles. The maximum atomic E-state index is 12.4. The van der Waals surface area contributed by atoms with Crippen molar-refractivity contribution in [2.45, 2.75) is 76.1 Å². The first-order chi connectivity index (χ1) is 14.5. The second kappa shape index (κ2) is 7.86. The fourth-order valence-electron chi connectivity index (χ4n) is 6.04. The van der Waals surface area contributed by atoms with Gasteiger partial charge < -0.3 is 15.0 Å². The van der Waals surface area contributed by atoms with Gasteiger partial charge in [0.15, 0.2) is 0 Å². The summed E-state index contributed by atoms with van der Waals surface area (Å²) in [5, 5.41) is 5.17. The van der Waals surface area contributed by atoms with Crippen LogP contribution in [0.3, 0.4) is 0 Å². The topological polar surface area (TPSA) is 57.4 Å². The standard InChI is InChI=1S/C25H33N3O2.2H2/c1-17-22(26-11-10-19-16-27-21-8-4-3-7-20(19)21)13-18-14-24(29)30-25(2,15-18)23-9-5-6-12-28(17)23;;/h3-4,7-8,14,16-17,22-23,26-27H,5-6,9-13,15H2,1-2H3;2*1H. The van der Waals surface area contributed by atoms with Crippen LogP contribution in [0.4, 0.5) is 0 Å². The van der Waals surface area contributed by atoms with Crippen molar-refractivity contribution in [1.29, 1.82) is 0 Å². The molecule has 2 N–H and O–H groups in total. The number of H-pyrrole nitrogens is 1. The van der Waals surface area contributed by atoms with E-state index in [1.54, 1.807) is 6.08 Å². The average Bonchev–Trinajstić information content (AvgIpc) is 3.14. The van der Waals surface area contributed by atoms with Gasteiger partial charge in [0, 0.05) is 50.6 Å². The van der Waals surface area contributed by atoms with Crippen molar-refractivity contribution in [2.75, 3.05) is 13.1 Å². The Kier molecular flexibility index (Phi) is 5.19. The van der Waals surface area contributed by atoms with Crippen LogP contribution in [0.5, 0.6) is 0 Å². The highest BCUT2D eigenvalue weighted by Crippen LogP contribution is 2.41. The van der Waals surface area contributed by atoms with Crippen LogP contribution in [-0.4, -0.2) is 52.7 Å². The van der Waals surface area contributed by atoms with E-state index in [2.05, 4.69) is 59.5 Å². The molecule has 2 bridgehead atoms. The third-order valence-electron chi connectivity index (χ3n) is 7.55. The van der Waals surface area contributed by atoms with Gasteiger partial charge in [-0.2, -0.15) is 0 Å². The predicted molar refractivity (Wildman–Crippen MR) is 124 cm³/mol. The van der Waals surface area contributed by atoms with E-state index in [-0.39, 0.29) is 14.4 Å². The molecule has 0 amide bonds. The lowest BCUT2D eigenvalue weighted by molar-refractivity contribution is -0.167. The number of hydrogen-bond acceptors (Lipinski definition) is 4. The molecule has 2 saturated heterocycles. The minimum absolute atomic E-state index is 0. The first kappa shape index (κ1) is 19.8. The molecule has 5 nitrogen and oxygen atoms in total. The molecule has 3 aliphatic rings. The molecule has 1 aromatic heterocycles. The Morgan fingerprint density at radius 2 is 2.20 bits per heavy atom. The quantitative estimate of drug-likeness (QED) is 0.731. The van der Waals surface area contributed by atoms with Gasteiger partial charge in [-0.1, -0.05) is 30.2 Å². The van der Waals surface area contributed by atoms with E-state index in [0.29, 0.717) is 18.1 Å². The highest BCUT2D eigenvalue weighted by molar-refractivity contribution is 5.84. The number of nitrogens with one attached hydrogen (secondary N) is 2. The van der Waals surface area contributed by atoms with Gasteiger partial charge in [0.2, 0.25) is 0 Å². The Bertz CT molecular complexity index is 975. The molecule has 5 rings (SSSR count). The zero-order chi connectivity index (χ0) is 20.7. The molecule has 4 atom stereocenters. The Morgan fingerprint density at radius 3 is 3.10 bits per heavy atom. The molecule has 4 unspecified atom stereocenters. The van der Waals surface area contributed by atoms with Crippen molar-refractivity contribution in [3.05, 3.63) is 47.7 Å². The largest absolute Gasteiger partial charge is 0.454 e. The zero-order valence-electron chi connectivity index (χ0n) is 18.1. The zero-order valence-corrected chi connectivity index (χ0v) is 18.1. The van der Waals surface area contributed by atoms with Crippen LogP contribution in [0.15, 0.2) is 42.1 Å². The first-order valence-corrected chi connectivity index (χ1v) is 11.5. The Labute approximate surface area is 181 Å². The van der Waals surface area contributed by atoms with Gasteiger partial charge in [0.05, 0.1) is 0 Å². The molecule has 3 aliphatic heterocycles. The molecule has 0 aliphatic carbocycles. The monoisotopic (exact) mass is 411 g/mol. The highest BCUT2D eigenvalue weighted by Gasteiger charge is 2.48. The molecule has 4 heterocycles. The minimum atomic E-state index is -0.384. The lowest BCUT2D eigenvalue weighted by atomic mass is 9.76. The van der Waals surface area contributed by atoms with E-state index in [1.807, 2.05) is 0 Å². The molecular weight excluding hydrogens is 374 g/mol. The summed E-state index contributed by atoms with van der Waals surface area (Å²) in [7, 11) is 0. The van der Waals surface area contributed by atoms with Gasteiger partial charge in [0.25, 0.3) is 0 Å². The molecule has 0 radical (unpaired) electrons. The number of rotatable bonds is 4. The average molecular weight is 412 g/mol. The number of carbonyl (C=O) groups is 1. The molecular formula is C25H37N3O2. The van der Waals surface area contributed by atoms with Crippen molar-refractivity contribution in [3.63, 3.8) is 0 Å². The number of hydrogen-bond donors (Lipinski definition) is 2. The summed E-state index contributed by atoms with van der Waals surface area (Å²) in [6.45, 7) is 6.54. The third kappa shape index (κ3) is 3.58. The van der Waals surface area contributed by atoms with Crippen LogP contribution < -0.4 is 5.32 Å². The summed E-state index contributed by atoms with van der Waals surface area (Å²) in [5.41, 5.74) is 3.43. The number of aromatic amines is 1. The normalized spacial score (nSPS) is 32.1. The number of benzene rings is 1. The van der Waals surface area contributed by atoms with E-state index in [1.165, 1.54) is 34.9 Å². The summed E-state index contributed by atoms with van der Waals surface area (Å²) in [6, 6.07) is 9.57. The smallest absolute Gasteiger partial charge is 0.331 e. The van der Waals surface area contributed by atoms with Crippen LogP contribution in [0, 0.1) is 0 Å². The molecule has 1 aromatic carbocycles. The van der Waals surface area contributed by atoms with Crippen molar-refractivity contribution >= 4 is 16.9 Å². The number of ether oxygens (including phenoxy) is 1. The lowest BCUT2D eigenvalue weighted by Crippen LogP contribution is -2.63. The second-order valence-corrected chi connectivity index (χ2v) is 9.58. The van der Waals surface area contributed by atoms with Crippen LogP contribution in [0.2, 0.25) is 0 Å². The fraction of sp³-hybridized carbons (Fsp3) is 0.560. The number of esters is 1. The van der Waals surface area contributed by atoms with E-state index in [4.69, 9.17) is 4.74 Å². The van der Waals surface area contributed by atoms with E-state index in [9.17, 15) is 4.79 Å². The number of para-hydroxylation sites is 1. The SMILES string of the molecule is CC1C(NCCc2c[nH]c3ccccc23)CC2=CC(=O)OC(C)(C2)C2CCCCN12.[HH].[HH]. The van der Waals surface area contributed by atoms with E-state index < -0.39 is 0 Å². The predicted octanol–water partition coefficient (Wildman–Crippen LogP) is 4.44. The van der Waals surface area contributed by atoms with Gasteiger partial charge in [0.1, 0.15) is 5.60 Å². The van der Waals surface area contributed by atoms with Crippen molar-refractivity contribution in [3.8, 4) is 0 Å². The van der Waals surface area contributed by atoms with Gasteiger partial charge in [-0.25, -0.2) is 4.79 Å². The maximum absolute atomic E-state index is 12.4. The number of aromatic nitrogens is 1. The molecule has 0 spiro atoms. The summed E-state index contributed by atoms with van der Waals surface area (Å²) in [4.78, 5) is 18.4. The van der Waals surface area contributed by atoms with Crippen molar-refractivity contribution in [1.82, 2.24) is 15.2 Å². The number of nitrogens with zero attached hydrogens (tertiary/aromatic N) is 1. The van der Waals surface area contributed by atoms with Gasteiger partial charge >= 0.3 is 5.97 Å². The second-order valence-electron chi connectivity index (χ2n) is 9.58. The lowest BCUT2D eigenvalue weighted by Gasteiger charge is -2.53. The van der Waals surface area contributed by atoms with Crippen LogP contribution in [-0.2, 0) is 16.0 Å². The van der Waals surface area contributed by atoms with Crippen molar-refractivity contribution < 1.29 is 12.4 Å². The number of fused-ring (bicyclic) bond motifs is 5. The van der Waals surface area contributed by atoms with Crippen LogP contribution >= 0.6 is 0 Å². The highest BCUT2D eigenvalue weighted by atomic mass is 16.6. The van der Waals surface area contributed by atoms with E-state index >= 15 is 0 Å². The fourth-order valence-corrected chi connectivity index (χ4v) is 6.04. The molecule has 2 fully saturated rings. The minimum Gasteiger partial charge on any atom is -0.454 e. The number of piperidine rings is 1. The van der Waals surface area contributed by atoms with E-state index in [0.717, 1.165) is 38.8 Å². The summed E-state index contributed by atoms with van der Waals surface area (Å²) < 4.78 is 5.92. The summed E-state index contributed by atoms with van der Waals surface area (Å²) in [5.74, 6) is -0.156. The van der Waals surface area contributed by atoms with Gasteiger partial charge in [-0.3, -0.25) is 4.90 Å². The maximum Gasteiger partial charge on any atom is 0.331 e. The molecule has 164 valence electrons. The first-order valence-electron chi connectivity index (χ1n) is 11.5. The van der Waals surface area contributed by atoms with Crippen molar-refractivity contribution in [2.24, 2.45) is 0 Å². The molecule has 30 heavy (non-hydrogen) atoms. The summed E-state index contributed by atoms with van der Waals surface area (Å²) in [6.07, 6.45) is 10.2. The van der Waals surface area contributed by atoms with Crippen LogP contribution in [0.1, 0.15) is 54.4 Å². The number of carbonyl (C=O) groups excluding carboxylic acids is 1. The Morgan fingerprint density at radius 1 is 1.33 bits per heavy atom. The van der Waals surface area contributed by atoms with Gasteiger partial charge in [-0.05, 0) is 64.3 Å². The molecule has 2 aromatic rings.